The molecule has 26 heavy (non-hydrogen) atoms. The second kappa shape index (κ2) is 6.05. The molecule has 1 aliphatic carbocycles. The molecule has 3 nitrogen and oxygen atoms in total. The summed E-state index contributed by atoms with van der Waals surface area (Å²) >= 11 is 2.01. The molecule has 1 fully saturated rings. The second-order valence-corrected chi connectivity index (χ2v) is 9.02. The maximum atomic E-state index is 13.3. The summed E-state index contributed by atoms with van der Waals surface area (Å²) in [6.45, 7) is 0. The highest BCUT2D eigenvalue weighted by molar-refractivity contribution is 8.01. The summed E-state index contributed by atoms with van der Waals surface area (Å²) in [5.74, 6) is 1.05. The van der Waals surface area contributed by atoms with Crippen molar-refractivity contribution in [2.24, 2.45) is 0 Å². The van der Waals surface area contributed by atoms with Gasteiger partial charge >= 0.3 is 0 Å². The molecule has 2 aliphatic heterocycles. The summed E-state index contributed by atoms with van der Waals surface area (Å²) in [5.41, 5.74) is 3.45. The largest absolute Gasteiger partial charge is 0.496 e. The van der Waals surface area contributed by atoms with Crippen molar-refractivity contribution < 1.29 is 9.53 Å². The van der Waals surface area contributed by atoms with Gasteiger partial charge in [0.05, 0.1) is 25.3 Å². The Hall–Kier alpha value is -1.94. The Morgan fingerprint density at radius 1 is 1.08 bits per heavy atom. The maximum Gasteiger partial charge on any atom is 0.232 e. The van der Waals surface area contributed by atoms with Crippen molar-refractivity contribution in [1.29, 1.82) is 0 Å². The quantitative estimate of drug-likeness (QED) is 0.701. The number of hydrogen-bond donors (Lipinski definition) is 0. The Labute approximate surface area is 158 Å². The molecule has 134 valence electrons. The zero-order valence-corrected chi connectivity index (χ0v) is 15.8. The third kappa shape index (κ3) is 2.24. The maximum absolute atomic E-state index is 13.3. The summed E-state index contributed by atoms with van der Waals surface area (Å²) in [6, 6.07) is 14.8. The fraction of sp³-hybridized carbons (Fsp3) is 0.409. The minimum Gasteiger partial charge on any atom is -0.496 e. The van der Waals surface area contributed by atoms with E-state index in [1.165, 1.54) is 29.7 Å². The van der Waals surface area contributed by atoms with Crippen molar-refractivity contribution in [3.8, 4) is 5.75 Å². The normalized spacial score (nSPS) is 23.2. The van der Waals surface area contributed by atoms with Crippen molar-refractivity contribution in [1.82, 2.24) is 0 Å². The monoisotopic (exact) mass is 365 g/mol. The first-order valence-corrected chi connectivity index (χ1v) is 10.3. The SMILES string of the molecule is COc1cccc2c1CC(=O)N1c3ccccc3SC3(CCCCC3)C21. The van der Waals surface area contributed by atoms with E-state index in [0.29, 0.717) is 6.42 Å². The minimum absolute atomic E-state index is 0.0732. The van der Waals surface area contributed by atoms with Crippen molar-refractivity contribution in [3.05, 3.63) is 53.6 Å². The first kappa shape index (κ1) is 16.2. The van der Waals surface area contributed by atoms with Crippen LogP contribution < -0.4 is 9.64 Å². The van der Waals surface area contributed by atoms with Crippen LogP contribution in [0.1, 0.15) is 49.3 Å². The van der Waals surface area contributed by atoms with Crippen LogP contribution >= 0.6 is 11.8 Å². The standard InChI is InChI=1S/C22H23NO2S/c1-25-18-10-7-8-15-16(18)14-20(24)23-17-9-3-4-11-19(17)26-22(21(15)23)12-5-2-6-13-22/h3-4,7-11,21H,2,5-6,12-14H2,1H3. The van der Waals surface area contributed by atoms with Crippen LogP contribution in [0.15, 0.2) is 47.4 Å². The average molecular weight is 365 g/mol. The van der Waals surface area contributed by atoms with E-state index in [2.05, 4.69) is 35.2 Å². The number of thioether (sulfide) groups is 1. The molecule has 0 aromatic heterocycles. The first-order chi connectivity index (χ1) is 12.7. The van der Waals surface area contributed by atoms with E-state index >= 15 is 0 Å². The number of nitrogens with zero attached hydrogens (tertiary/aromatic N) is 1. The number of benzene rings is 2. The van der Waals surface area contributed by atoms with Crippen LogP contribution in [0.25, 0.3) is 0 Å². The molecule has 1 spiro atoms. The fourth-order valence-electron chi connectivity index (χ4n) is 5.07. The van der Waals surface area contributed by atoms with Gasteiger partial charge in [0.25, 0.3) is 0 Å². The number of ether oxygens (including phenoxy) is 1. The molecule has 0 N–H and O–H groups in total. The van der Waals surface area contributed by atoms with E-state index in [0.717, 1.165) is 29.8 Å². The number of carbonyl (C=O) groups excluding carboxylic acids is 1. The molecule has 1 unspecified atom stereocenters. The molecule has 0 bridgehead atoms. The van der Waals surface area contributed by atoms with Gasteiger partial charge < -0.3 is 9.64 Å². The van der Waals surface area contributed by atoms with E-state index < -0.39 is 0 Å². The predicted octanol–water partition coefficient (Wildman–Crippen LogP) is 5.13. The van der Waals surface area contributed by atoms with Crippen LogP contribution in [0.4, 0.5) is 5.69 Å². The lowest BCUT2D eigenvalue weighted by Crippen LogP contribution is -2.53. The number of hydrogen-bond acceptors (Lipinski definition) is 3. The molecular weight excluding hydrogens is 342 g/mol. The number of fused-ring (bicyclic) bond motifs is 6. The molecule has 1 saturated carbocycles. The van der Waals surface area contributed by atoms with E-state index in [1.54, 1.807) is 7.11 Å². The van der Waals surface area contributed by atoms with E-state index in [9.17, 15) is 4.79 Å². The average Bonchev–Trinajstić information content (AvgIpc) is 2.68. The van der Waals surface area contributed by atoms with E-state index in [-0.39, 0.29) is 16.7 Å². The summed E-state index contributed by atoms with van der Waals surface area (Å²) in [5, 5.41) is 0. The molecular formula is C22H23NO2S. The van der Waals surface area contributed by atoms with Crippen LogP contribution in [0.5, 0.6) is 5.75 Å². The molecule has 2 aromatic carbocycles. The van der Waals surface area contributed by atoms with Gasteiger partial charge in [-0.05, 0) is 36.6 Å². The minimum atomic E-state index is 0.0732. The third-order valence-corrected chi connectivity index (χ3v) is 7.78. The number of para-hydroxylation sites is 1. The van der Waals surface area contributed by atoms with Crippen LogP contribution in [-0.4, -0.2) is 17.8 Å². The Balaban J connectivity index is 1.76. The van der Waals surface area contributed by atoms with E-state index in [1.807, 2.05) is 23.9 Å². The molecule has 5 rings (SSSR count). The Bertz CT molecular complexity index is 872. The molecule has 0 saturated heterocycles. The molecule has 1 atom stereocenters. The topological polar surface area (TPSA) is 29.5 Å². The Morgan fingerprint density at radius 3 is 2.69 bits per heavy atom. The molecule has 0 radical (unpaired) electrons. The number of methoxy groups -OCH3 is 1. The van der Waals surface area contributed by atoms with Crippen LogP contribution in [0, 0.1) is 0 Å². The summed E-state index contributed by atoms with van der Waals surface area (Å²) < 4.78 is 5.68. The molecule has 2 aromatic rings. The predicted molar refractivity (Wildman–Crippen MR) is 105 cm³/mol. The number of carbonyl (C=O) groups is 1. The Kier molecular flexibility index (Phi) is 3.78. The van der Waals surface area contributed by atoms with Crippen LogP contribution in [0.3, 0.4) is 0 Å². The van der Waals surface area contributed by atoms with Gasteiger partial charge in [-0.15, -0.1) is 11.8 Å². The van der Waals surface area contributed by atoms with Gasteiger partial charge in [0.1, 0.15) is 5.75 Å². The molecule has 1 amide bonds. The van der Waals surface area contributed by atoms with Gasteiger partial charge in [0, 0.05) is 15.2 Å². The van der Waals surface area contributed by atoms with Crippen molar-refractivity contribution in [2.75, 3.05) is 12.0 Å². The zero-order chi connectivity index (χ0) is 17.7. The van der Waals surface area contributed by atoms with Gasteiger partial charge in [-0.2, -0.15) is 0 Å². The summed E-state index contributed by atoms with van der Waals surface area (Å²) in [4.78, 5) is 16.7. The van der Waals surface area contributed by atoms with Gasteiger partial charge in [-0.25, -0.2) is 0 Å². The summed E-state index contributed by atoms with van der Waals surface area (Å²) in [7, 11) is 1.70. The van der Waals surface area contributed by atoms with Gasteiger partial charge in [-0.3, -0.25) is 4.79 Å². The highest BCUT2D eigenvalue weighted by atomic mass is 32.2. The second-order valence-electron chi connectivity index (χ2n) is 7.57. The lowest BCUT2D eigenvalue weighted by Gasteiger charge is -2.54. The van der Waals surface area contributed by atoms with Gasteiger partial charge in [-0.1, -0.05) is 43.5 Å². The smallest absolute Gasteiger partial charge is 0.232 e. The van der Waals surface area contributed by atoms with Crippen LogP contribution in [0.2, 0.25) is 0 Å². The Morgan fingerprint density at radius 2 is 1.88 bits per heavy atom. The van der Waals surface area contributed by atoms with Crippen molar-refractivity contribution in [3.63, 3.8) is 0 Å². The van der Waals surface area contributed by atoms with Gasteiger partial charge in [0.2, 0.25) is 5.91 Å². The lowest BCUT2D eigenvalue weighted by molar-refractivity contribution is -0.119. The van der Waals surface area contributed by atoms with Crippen molar-refractivity contribution in [2.45, 2.75) is 54.2 Å². The van der Waals surface area contributed by atoms with Crippen LogP contribution in [-0.2, 0) is 11.2 Å². The van der Waals surface area contributed by atoms with Gasteiger partial charge in [0.15, 0.2) is 0 Å². The lowest BCUT2D eigenvalue weighted by atomic mass is 9.75. The molecule has 4 heteroatoms. The first-order valence-electron chi connectivity index (χ1n) is 9.49. The number of rotatable bonds is 1. The summed E-state index contributed by atoms with van der Waals surface area (Å²) in [6.07, 6.45) is 6.54. The fourth-order valence-corrected chi connectivity index (χ4v) is 6.77. The van der Waals surface area contributed by atoms with E-state index in [4.69, 9.17) is 4.74 Å². The highest BCUT2D eigenvalue weighted by Crippen LogP contribution is 2.61. The number of amides is 1. The number of anilines is 1. The highest BCUT2D eigenvalue weighted by Gasteiger charge is 2.52. The zero-order valence-electron chi connectivity index (χ0n) is 15.0. The van der Waals surface area contributed by atoms with Crippen molar-refractivity contribution >= 4 is 23.4 Å². The molecule has 3 aliphatic rings. The third-order valence-electron chi connectivity index (χ3n) is 6.17. The molecule has 2 heterocycles.